The lowest BCUT2D eigenvalue weighted by atomic mass is 9.76. The Kier molecular flexibility index (Phi) is 4.17. The van der Waals surface area contributed by atoms with Gasteiger partial charge in [0, 0.05) is 31.7 Å². The number of rotatable bonds is 3. The molecule has 124 valence electrons. The number of carbonyl (C=O) groups is 2. The Hall–Kier alpha value is -1.84. The molecule has 0 radical (unpaired) electrons. The monoisotopic (exact) mass is 314 g/mol. The minimum atomic E-state index is -0.601. The number of likely N-dealkylation sites (tertiary alicyclic amines) is 1. The standard InChI is InChI=1S/C19H26N2O2/c1-14(17(22)21-11-7-4-8-12-21)13-19(2)15-9-5-6-10-16(15)20(3)18(19)23/h5-6,9-10,14H,4,7-8,11-13H2,1-3H3. The number of carbonyl (C=O) groups excluding carboxylic acids is 2. The molecule has 1 aromatic rings. The van der Waals surface area contributed by atoms with Gasteiger partial charge in [0.05, 0.1) is 5.41 Å². The highest BCUT2D eigenvalue weighted by molar-refractivity contribution is 6.07. The molecule has 0 aliphatic carbocycles. The van der Waals surface area contributed by atoms with Gasteiger partial charge in [0.15, 0.2) is 0 Å². The highest BCUT2D eigenvalue weighted by Gasteiger charge is 2.47. The molecule has 23 heavy (non-hydrogen) atoms. The second-order valence-electron chi connectivity index (χ2n) is 7.20. The Morgan fingerprint density at radius 2 is 1.87 bits per heavy atom. The number of likely N-dealkylation sites (N-methyl/N-ethyl adjacent to an activating group) is 1. The van der Waals surface area contributed by atoms with E-state index in [0.29, 0.717) is 6.42 Å². The van der Waals surface area contributed by atoms with Crippen LogP contribution in [0.2, 0.25) is 0 Å². The highest BCUT2D eigenvalue weighted by atomic mass is 16.2. The summed E-state index contributed by atoms with van der Waals surface area (Å²) in [5.41, 5.74) is 1.42. The van der Waals surface area contributed by atoms with Crippen molar-refractivity contribution < 1.29 is 9.59 Å². The fourth-order valence-corrected chi connectivity index (χ4v) is 4.15. The maximum absolute atomic E-state index is 12.8. The van der Waals surface area contributed by atoms with Gasteiger partial charge in [0.1, 0.15) is 0 Å². The van der Waals surface area contributed by atoms with Crippen molar-refractivity contribution in [1.29, 1.82) is 0 Å². The SMILES string of the molecule is CC(CC1(C)C(=O)N(C)c2ccccc21)C(=O)N1CCCCC1. The molecule has 0 spiro atoms. The number of nitrogens with zero attached hydrogens (tertiary/aromatic N) is 2. The van der Waals surface area contributed by atoms with Crippen molar-refractivity contribution in [2.45, 2.75) is 44.9 Å². The number of hydrogen-bond donors (Lipinski definition) is 0. The van der Waals surface area contributed by atoms with Crippen LogP contribution in [0.1, 0.15) is 45.1 Å². The second kappa shape index (κ2) is 5.99. The van der Waals surface area contributed by atoms with Crippen LogP contribution < -0.4 is 4.90 Å². The van der Waals surface area contributed by atoms with E-state index in [1.54, 1.807) is 4.90 Å². The molecule has 4 heteroatoms. The largest absolute Gasteiger partial charge is 0.342 e. The predicted octanol–water partition coefficient (Wildman–Crippen LogP) is 2.96. The molecule has 1 saturated heterocycles. The fraction of sp³-hybridized carbons (Fsp3) is 0.579. The molecule has 2 amide bonds. The molecule has 0 aromatic heterocycles. The third-order valence-electron chi connectivity index (χ3n) is 5.44. The number of hydrogen-bond acceptors (Lipinski definition) is 2. The first-order valence-electron chi connectivity index (χ1n) is 8.61. The third kappa shape index (κ3) is 2.64. The summed E-state index contributed by atoms with van der Waals surface area (Å²) in [5.74, 6) is 0.157. The van der Waals surface area contributed by atoms with Crippen LogP contribution >= 0.6 is 0 Å². The minimum Gasteiger partial charge on any atom is -0.342 e. The molecule has 1 aromatic carbocycles. The van der Waals surface area contributed by atoms with Crippen LogP contribution in [0, 0.1) is 5.92 Å². The molecule has 3 rings (SSSR count). The molecule has 1 fully saturated rings. The molecule has 4 nitrogen and oxygen atoms in total. The minimum absolute atomic E-state index is 0.0944. The van der Waals surface area contributed by atoms with Gasteiger partial charge in [0.2, 0.25) is 11.8 Å². The molecule has 2 aliphatic heterocycles. The van der Waals surface area contributed by atoms with Crippen molar-refractivity contribution in [3.8, 4) is 0 Å². The summed E-state index contributed by atoms with van der Waals surface area (Å²) in [7, 11) is 1.82. The van der Waals surface area contributed by atoms with E-state index in [9.17, 15) is 9.59 Å². The number of piperidine rings is 1. The number of amides is 2. The van der Waals surface area contributed by atoms with Crippen molar-refractivity contribution in [3.63, 3.8) is 0 Å². The Morgan fingerprint density at radius 3 is 2.57 bits per heavy atom. The summed E-state index contributed by atoms with van der Waals surface area (Å²) < 4.78 is 0. The third-order valence-corrected chi connectivity index (χ3v) is 5.44. The van der Waals surface area contributed by atoms with Crippen LogP contribution in [0.5, 0.6) is 0 Å². The molecular formula is C19H26N2O2. The normalized spacial score (nSPS) is 25.4. The summed E-state index contributed by atoms with van der Waals surface area (Å²) in [6, 6.07) is 7.93. The van der Waals surface area contributed by atoms with Crippen molar-refractivity contribution in [2.24, 2.45) is 5.92 Å². The molecular weight excluding hydrogens is 288 g/mol. The zero-order chi connectivity index (χ0) is 16.6. The maximum Gasteiger partial charge on any atom is 0.237 e. The molecule has 0 saturated carbocycles. The quantitative estimate of drug-likeness (QED) is 0.860. The van der Waals surface area contributed by atoms with E-state index in [-0.39, 0.29) is 17.7 Å². The summed E-state index contributed by atoms with van der Waals surface area (Å²) in [4.78, 5) is 29.3. The molecule has 2 heterocycles. The predicted molar refractivity (Wildman–Crippen MR) is 91.4 cm³/mol. The van der Waals surface area contributed by atoms with Crippen molar-refractivity contribution in [2.75, 3.05) is 25.0 Å². The van der Waals surface area contributed by atoms with Crippen LogP contribution in [0.25, 0.3) is 0 Å². The summed E-state index contributed by atoms with van der Waals surface area (Å²) >= 11 is 0. The van der Waals surface area contributed by atoms with Gasteiger partial charge in [0.25, 0.3) is 0 Å². The van der Waals surface area contributed by atoms with Gasteiger partial charge in [-0.25, -0.2) is 0 Å². The van der Waals surface area contributed by atoms with Crippen LogP contribution in [0.3, 0.4) is 0 Å². The van der Waals surface area contributed by atoms with Crippen molar-refractivity contribution in [3.05, 3.63) is 29.8 Å². The maximum atomic E-state index is 12.8. The van der Waals surface area contributed by atoms with Crippen molar-refractivity contribution in [1.82, 2.24) is 4.90 Å². The van der Waals surface area contributed by atoms with Crippen LogP contribution in [0.15, 0.2) is 24.3 Å². The van der Waals surface area contributed by atoms with E-state index in [0.717, 1.165) is 37.2 Å². The lowest BCUT2D eigenvalue weighted by Gasteiger charge is -2.32. The first-order valence-corrected chi connectivity index (χ1v) is 8.61. The first kappa shape index (κ1) is 16.0. The van der Waals surface area contributed by atoms with Gasteiger partial charge >= 0.3 is 0 Å². The van der Waals surface area contributed by atoms with Gasteiger partial charge in [-0.2, -0.15) is 0 Å². The van der Waals surface area contributed by atoms with Gasteiger partial charge in [-0.1, -0.05) is 25.1 Å². The Bertz CT molecular complexity index is 622. The van der Waals surface area contributed by atoms with Gasteiger partial charge < -0.3 is 9.80 Å². The van der Waals surface area contributed by atoms with Crippen LogP contribution in [-0.4, -0.2) is 36.9 Å². The molecule has 2 atom stereocenters. The topological polar surface area (TPSA) is 40.6 Å². The van der Waals surface area contributed by atoms with Crippen LogP contribution in [0.4, 0.5) is 5.69 Å². The second-order valence-corrected chi connectivity index (χ2v) is 7.20. The van der Waals surface area contributed by atoms with E-state index in [2.05, 4.69) is 0 Å². The Morgan fingerprint density at radius 1 is 1.22 bits per heavy atom. The summed E-state index contributed by atoms with van der Waals surface area (Å²) in [5, 5.41) is 0. The van der Waals surface area contributed by atoms with Gasteiger partial charge in [-0.05, 0) is 44.2 Å². The van der Waals surface area contributed by atoms with Gasteiger partial charge in [-0.3, -0.25) is 9.59 Å². The number of para-hydroxylation sites is 1. The molecule has 0 bridgehead atoms. The lowest BCUT2D eigenvalue weighted by molar-refractivity contribution is -0.137. The van der Waals surface area contributed by atoms with Crippen molar-refractivity contribution >= 4 is 17.5 Å². The van der Waals surface area contributed by atoms with E-state index >= 15 is 0 Å². The summed E-state index contributed by atoms with van der Waals surface area (Å²) in [6.07, 6.45) is 3.98. The fourth-order valence-electron chi connectivity index (χ4n) is 4.15. The first-order chi connectivity index (χ1) is 10.9. The number of anilines is 1. The molecule has 0 N–H and O–H groups in total. The van der Waals surface area contributed by atoms with E-state index in [1.165, 1.54) is 6.42 Å². The Balaban J connectivity index is 1.81. The average molecular weight is 314 g/mol. The van der Waals surface area contributed by atoms with E-state index in [1.807, 2.05) is 50.1 Å². The zero-order valence-corrected chi connectivity index (χ0v) is 14.3. The smallest absolute Gasteiger partial charge is 0.237 e. The van der Waals surface area contributed by atoms with E-state index in [4.69, 9.17) is 0 Å². The van der Waals surface area contributed by atoms with Gasteiger partial charge in [-0.15, -0.1) is 0 Å². The molecule has 2 aliphatic rings. The summed E-state index contributed by atoms with van der Waals surface area (Å²) in [6.45, 7) is 5.68. The molecule has 2 unspecified atom stereocenters. The Labute approximate surface area is 138 Å². The number of benzene rings is 1. The average Bonchev–Trinajstić information content (AvgIpc) is 2.77. The van der Waals surface area contributed by atoms with Crippen LogP contribution in [-0.2, 0) is 15.0 Å². The zero-order valence-electron chi connectivity index (χ0n) is 14.3. The highest BCUT2D eigenvalue weighted by Crippen LogP contribution is 2.44. The van der Waals surface area contributed by atoms with E-state index < -0.39 is 5.41 Å². The lowest BCUT2D eigenvalue weighted by Crippen LogP contribution is -2.43. The number of fused-ring (bicyclic) bond motifs is 1.